The highest BCUT2D eigenvalue weighted by atomic mass is 32.2. The lowest BCUT2D eigenvalue weighted by atomic mass is 9.93. The van der Waals surface area contributed by atoms with E-state index in [4.69, 9.17) is 9.47 Å². The largest absolute Gasteiger partial charge is 0.507 e. The van der Waals surface area contributed by atoms with E-state index in [1.165, 1.54) is 22.1 Å². The SMILES string of the molecule is Cc1ccc(COC(c2ccccc2)C(CC(C)C)N2C=CN(CCCSc3ccccc3)C2OC(=O)c2ccccc2O)cc1C. The molecule has 0 fully saturated rings. The number of phenols is 1. The summed E-state index contributed by atoms with van der Waals surface area (Å²) < 4.78 is 13.1. The zero-order valence-electron chi connectivity index (χ0n) is 27.8. The number of benzene rings is 4. The average Bonchev–Trinajstić information content (AvgIpc) is 3.46. The van der Waals surface area contributed by atoms with Crippen LogP contribution in [0, 0.1) is 19.8 Å². The van der Waals surface area contributed by atoms with Crippen LogP contribution in [0.15, 0.2) is 120 Å². The Kier molecular flexibility index (Phi) is 12.0. The summed E-state index contributed by atoms with van der Waals surface area (Å²) >= 11 is 1.82. The molecule has 7 heteroatoms. The fourth-order valence-corrected chi connectivity index (χ4v) is 6.72. The first-order valence-corrected chi connectivity index (χ1v) is 17.4. The summed E-state index contributed by atoms with van der Waals surface area (Å²) in [5, 5.41) is 10.5. The minimum Gasteiger partial charge on any atom is -0.507 e. The van der Waals surface area contributed by atoms with Crippen molar-refractivity contribution >= 4 is 17.7 Å². The van der Waals surface area contributed by atoms with Crippen molar-refractivity contribution in [2.45, 2.75) is 70.5 Å². The summed E-state index contributed by atoms with van der Waals surface area (Å²) in [6.45, 7) is 9.81. The number of aryl methyl sites for hydroxylation is 2. The van der Waals surface area contributed by atoms with Crippen LogP contribution in [-0.4, -0.2) is 45.6 Å². The predicted octanol–water partition coefficient (Wildman–Crippen LogP) is 9.09. The van der Waals surface area contributed by atoms with E-state index in [2.05, 4.69) is 92.1 Å². The van der Waals surface area contributed by atoms with Crippen molar-refractivity contribution < 1.29 is 19.4 Å². The Balaban J connectivity index is 1.42. The monoisotopic (exact) mass is 650 g/mol. The van der Waals surface area contributed by atoms with Gasteiger partial charge in [-0.3, -0.25) is 0 Å². The van der Waals surface area contributed by atoms with E-state index in [-0.39, 0.29) is 23.5 Å². The topological polar surface area (TPSA) is 62.2 Å². The predicted molar refractivity (Wildman–Crippen MR) is 190 cm³/mol. The lowest BCUT2D eigenvalue weighted by Gasteiger charge is -2.41. The number of rotatable bonds is 15. The van der Waals surface area contributed by atoms with E-state index in [1.807, 2.05) is 48.4 Å². The van der Waals surface area contributed by atoms with Crippen LogP contribution in [0.3, 0.4) is 0 Å². The van der Waals surface area contributed by atoms with Gasteiger partial charge in [0.15, 0.2) is 0 Å². The molecule has 1 aliphatic rings. The number of carbonyl (C=O) groups excluding carboxylic acids is 1. The molecule has 4 aromatic carbocycles. The van der Waals surface area contributed by atoms with Crippen LogP contribution in [0.1, 0.15) is 65.4 Å². The molecule has 0 amide bonds. The number of carbonyl (C=O) groups is 1. The van der Waals surface area contributed by atoms with Gasteiger partial charge in [0, 0.05) is 23.8 Å². The number of thioether (sulfide) groups is 1. The Morgan fingerprint density at radius 2 is 1.57 bits per heavy atom. The first kappa shape index (κ1) is 34.1. The molecule has 3 atom stereocenters. The molecule has 246 valence electrons. The maximum atomic E-state index is 13.6. The number of hydrogen-bond donors (Lipinski definition) is 1. The van der Waals surface area contributed by atoms with Crippen molar-refractivity contribution in [3.8, 4) is 5.75 Å². The second-order valence-electron chi connectivity index (χ2n) is 12.5. The summed E-state index contributed by atoms with van der Waals surface area (Å²) in [5.74, 6) is 0.602. The average molecular weight is 651 g/mol. The van der Waals surface area contributed by atoms with Crippen LogP contribution in [0.5, 0.6) is 5.75 Å². The molecule has 3 unspecified atom stereocenters. The number of esters is 1. The smallest absolute Gasteiger partial charge is 0.345 e. The third-order valence-electron chi connectivity index (χ3n) is 8.45. The van der Waals surface area contributed by atoms with Crippen LogP contribution < -0.4 is 0 Å². The molecule has 1 aliphatic heterocycles. The zero-order chi connectivity index (χ0) is 33.2. The molecular weight excluding hydrogens is 605 g/mol. The molecule has 0 radical (unpaired) electrons. The van der Waals surface area contributed by atoms with Gasteiger partial charge in [0.25, 0.3) is 6.35 Å². The molecule has 4 aromatic rings. The first-order chi connectivity index (χ1) is 22.8. The minimum absolute atomic E-state index is 0.0987. The van der Waals surface area contributed by atoms with Crippen LogP contribution in [-0.2, 0) is 16.1 Å². The van der Waals surface area contributed by atoms with Crippen molar-refractivity contribution in [3.63, 3.8) is 0 Å². The molecule has 1 N–H and O–H groups in total. The second kappa shape index (κ2) is 16.6. The third kappa shape index (κ3) is 9.21. The number of phenolic OH excluding ortho intramolecular Hbond substituents is 1. The Morgan fingerprint density at radius 1 is 0.872 bits per heavy atom. The molecule has 0 saturated carbocycles. The summed E-state index contributed by atoms with van der Waals surface area (Å²) in [6, 6.07) is 33.5. The maximum Gasteiger partial charge on any atom is 0.345 e. The van der Waals surface area contributed by atoms with Crippen molar-refractivity contribution in [1.82, 2.24) is 9.80 Å². The van der Waals surface area contributed by atoms with Gasteiger partial charge in [-0.25, -0.2) is 4.79 Å². The molecular formula is C40H46N2O4S. The highest BCUT2D eigenvalue weighted by molar-refractivity contribution is 7.99. The van der Waals surface area contributed by atoms with Gasteiger partial charge in [-0.2, -0.15) is 0 Å². The normalized spacial score (nSPS) is 15.6. The number of hydrogen-bond acceptors (Lipinski definition) is 7. The molecule has 1 heterocycles. The molecule has 0 bridgehead atoms. The summed E-state index contributed by atoms with van der Waals surface area (Å²) in [6.07, 6.45) is 4.75. The van der Waals surface area contributed by atoms with Crippen molar-refractivity contribution in [1.29, 1.82) is 0 Å². The van der Waals surface area contributed by atoms with Gasteiger partial charge >= 0.3 is 5.97 Å². The van der Waals surface area contributed by atoms with E-state index in [9.17, 15) is 9.90 Å². The van der Waals surface area contributed by atoms with Gasteiger partial charge in [-0.05, 0) is 84.9 Å². The Morgan fingerprint density at radius 3 is 2.28 bits per heavy atom. The lowest BCUT2D eigenvalue weighted by Crippen LogP contribution is -2.49. The van der Waals surface area contributed by atoms with Gasteiger partial charge < -0.3 is 24.4 Å². The van der Waals surface area contributed by atoms with Crippen LogP contribution in [0.4, 0.5) is 0 Å². The number of para-hydroxylation sites is 1. The Hall–Kier alpha value is -4.20. The van der Waals surface area contributed by atoms with Gasteiger partial charge in [0.2, 0.25) is 0 Å². The van der Waals surface area contributed by atoms with E-state index in [0.29, 0.717) is 19.1 Å². The number of aromatic hydroxyl groups is 1. The maximum absolute atomic E-state index is 13.6. The summed E-state index contributed by atoms with van der Waals surface area (Å²) in [4.78, 5) is 19.0. The van der Waals surface area contributed by atoms with Gasteiger partial charge in [0.05, 0.1) is 12.6 Å². The van der Waals surface area contributed by atoms with E-state index < -0.39 is 12.3 Å². The summed E-state index contributed by atoms with van der Waals surface area (Å²) in [5.41, 5.74) is 4.82. The highest BCUT2D eigenvalue weighted by Gasteiger charge is 2.39. The Bertz CT molecular complexity index is 1610. The highest BCUT2D eigenvalue weighted by Crippen LogP contribution is 2.36. The molecule has 0 saturated heterocycles. The lowest BCUT2D eigenvalue weighted by molar-refractivity contribution is -0.115. The quantitative estimate of drug-likeness (QED) is 0.0782. The molecule has 0 aromatic heterocycles. The number of ether oxygens (including phenoxy) is 2. The fraction of sp³-hybridized carbons (Fsp3) is 0.325. The standard InChI is InChI=1S/C40H46N2O4S/c1-29(2)26-36(38(33-14-7-5-8-15-33)45-28-32-21-20-30(3)31(4)27-32)42-24-23-41(22-13-25-47-34-16-9-6-10-17-34)40(42)46-39(44)35-18-11-12-19-37(35)43/h5-12,14-21,23-24,27,29,36,38,40,43H,13,22,25-26,28H2,1-4H3. The van der Waals surface area contributed by atoms with Crippen molar-refractivity contribution in [2.75, 3.05) is 12.3 Å². The molecule has 6 nitrogen and oxygen atoms in total. The van der Waals surface area contributed by atoms with Crippen LogP contribution in [0.2, 0.25) is 0 Å². The number of nitrogens with zero attached hydrogens (tertiary/aromatic N) is 2. The van der Waals surface area contributed by atoms with Crippen LogP contribution in [0.25, 0.3) is 0 Å². The van der Waals surface area contributed by atoms with Gasteiger partial charge in [0.1, 0.15) is 17.4 Å². The minimum atomic E-state index is -0.705. The third-order valence-corrected chi connectivity index (χ3v) is 9.55. The van der Waals surface area contributed by atoms with E-state index in [1.54, 1.807) is 18.2 Å². The van der Waals surface area contributed by atoms with E-state index >= 15 is 0 Å². The molecule has 0 aliphatic carbocycles. The van der Waals surface area contributed by atoms with Crippen LogP contribution >= 0.6 is 11.8 Å². The molecule has 47 heavy (non-hydrogen) atoms. The van der Waals surface area contributed by atoms with Crippen molar-refractivity contribution in [3.05, 3.63) is 143 Å². The second-order valence-corrected chi connectivity index (χ2v) is 13.7. The van der Waals surface area contributed by atoms with Crippen molar-refractivity contribution in [2.24, 2.45) is 5.92 Å². The van der Waals surface area contributed by atoms with E-state index in [0.717, 1.165) is 29.7 Å². The zero-order valence-corrected chi connectivity index (χ0v) is 28.6. The Labute approximate surface area is 284 Å². The summed E-state index contributed by atoms with van der Waals surface area (Å²) in [7, 11) is 0. The van der Waals surface area contributed by atoms with Gasteiger partial charge in [-0.1, -0.05) is 92.7 Å². The molecule has 5 rings (SSSR count). The molecule has 0 spiro atoms. The van der Waals surface area contributed by atoms with Gasteiger partial charge in [-0.15, -0.1) is 11.8 Å². The first-order valence-electron chi connectivity index (χ1n) is 16.4. The fourth-order valence-electron chi connectivity index (χ4n) is 5.86.